The molecule has 0 unspecified atom stereocenters. The van der Waals surface area contributed by atoms with E-state index in [9.17, 15) is 0 Å². The molecule has 1 aliphatic carbocycles. The third-order valence-electron chi connectivity index (χ3n) is 5.84. The molecule has 0 N–H and O–H groups in total. The van der Waals surface area contributed by atoms with Crippen LogP contribution in [0.15, 0.2) is 12.1 Å². The number of benzene rings is 2. The minimum absolute atomic E-state index is 0.178. The van der Waals surface area contributed by atoms with Crippen LogP contribution >= 0.6 is 0 Å². The van der Waals surface area contributed by atoms with E-state index in [0.29, 0.717) is 0 Å². The van der Waals surface area contributed by atoms with E-state index >= 15 is 0 Å². The first-order valence-corrected chi connectivity index (χ1v) is 9.61. The van der Waals surface area contributed by atoms with Gasteiger partial charge in [-0.15, -0.1) is 0 Å². The van der Waals surface area contributed by atoms with Crippen molar-refractivity contribution in [3.8, 4) is 11.1 Å². The molecule has 3 rings (SSSR count). The van der Waals surface area contributed by atoms with Crippen molar-refractivity contribution in [3.63, 3.8) is 0 Å². The van der Waals surface area contributed by atoms with Crippen LogP contribution in [0.2, 0.25) is 0 Å². The number of aryl methyl sites for hydroxylation is 2. The topological polar surface area (TPSA) is 0 Å². The lowest BCUT2D eigenvalue weighted by molar-refractivity contribution is 0.580. The molecule has 0 bridgehead atoms. The fraction of sp³-hybridized carbons (Fsp3) is 0.520. The van der Waals surface area contributed by atoms with Gasteiger partial charge in [0.1, 0.15) is 0 Å². The van der Waals surface area contributed by atoms with E-state index in [4.69, 9.17) is 0 Å². The third kappa shape index (κ3) is 2.75. The highest BCUT2D eigenvalue weighted by Gasteiger charge is 2.31. The lowest BCUT2D eigenvalue weighted by Gasteiger charge is -2.29. The third-order valence-corrected chi connectivity index (χ3v) is 5.84. The van der Waals surface area contributed by atoms with Gasteiger partial charge in [0.25, 0.3) is 0 Å². The van der Waals surface area contributed by atoms with Gasteiger partial charge in [0.15, 0.2) is 0 Å². The summed E-state index contributed by atoms with van der Waals surface area (Å²) in [7, 11) is 0. The molecule has 0 saturated heterocycles. The van der Waals surface area contributed by atoms with Crippen LogP contribution in [0.3, 0.4) is 0 Å². The summed E-state index contributed by atoms with van der Waals surface area (Å²) in [6.45, 7) is 23.3. The molecule has 2 aromatic rings. The summed E-state index contributed by atoms with van der Waals surface area (Å²) in [6, 6.07) is 4.91. The summed E-state index contributed by atoms with van der Waals surface area (Å²) in [5, 5.41) is 0. The quantitative estimate of drug-likeness (QED) is 0.412. The predicted molar refractivity (Wildman–Crippen MR) is 111 cm³/mol. The van der Waals surface area contributed by atoms with Gasteiger partial charge in [-0.1, -0.05) is 53.7 Å². The zero-order valence-corrected chi connectivity index (χ0v) is 17.9. The van der Waals surface area contributed by atoms with E-state index in [-0.39, 0.29) is 10.8 Å². The molecule has 0 radical (unpaired) electrons. The Labute approximate surface area is 154 Å². The highest BCUT2D eigenvalue weighted by Crippen LogP contribution is 2.47. The molecule has 134 valence electrons. The Bertz CT molecular complexity index is 791. The standard InChI is InChI=1S/C25H34/c1-14-11-18-13-19-12-15(2)23(25(8,9)10)17(4)21(19)20(18)16(3)22(14)24(5,6)7/h11-12H,13H2,1-10H3. The van der Waals surface area contributed by atoms with E-state index in [2.05, 4.69) is 81.4 Å². The molecule has 0 spiro atoms. The SMILES string of the molecule is Cc1cc2c(c(C)c1C(C)(C)C)-c1c(cc(C)c(C(C)(C)C)c1C)C2. The number of hydrogen-bond acceptors (Lipinski definition) is 0. The van der Waals surface area contributed by atoms with Crippen LogP contribution in [0.4, 0.5) is 0 Å². The van der Waals surface area contributed by atoms with Crippen LogP contribution in [0.1, 0.15) is 86.1 Å². The maximum atomic E-state index is 2.45. The van der Waals surface area contributed by atoms with Crippen LogP contribution in [0, 0.1) is 27.7 Å². The van der Waals surface area contributed by atoms with Gasteiger partial charge in [0.05, 0.1) is 0 Å². The molecule has 25 heavy (non-hydrogen) atoms. The summed E-state index contributed by atoms with van der Waals surface area (Å²) < 4.78 is 0. The fourth-order valence-corrected chi connectivity index (χ4v) is 5.62. The molecule has 0 saturated carbocycles. The lowest BCUT2D eigenvalue weighted by Crippen LogP contribution is -2.17. The van der Waals surface area contributed by atoms with Crippen LogP contribution in [-0.4, -0.2) is 0 Å². The largest absolute Gasteiger partial charge is 0.0561 e. The first-order chi connectivity index (χ1) is 11.3. The smallest absolute Gasteiger partial charge is 0.00130 e. The number of fused-ring (bicyclic) bond motifs is 3. The highest BCUT2D eigenvalue weighted by atomic mass is 14.4. The normalized spacial score (nSPS) is 13.8. The van der Waals surface area contributed by atoms with Crippen LogP contribution in [0.5, 0.6) is 0 Å². The molecular weight excluding hydrogens is 300 g/mol. The maximum absolute atomic E-state index is 2.45. The van der Waals surface area contributed by atoms with Gasteiger partial charge in [0, 0.05) is 0 Å². The summed E-state index contributed by atoms with van der Waals surface area (Å²) in [5.41, 5.74) is 15.4. The minimum Gasteiger partial charge on any atom is -0.0561 e. The number of hydrogen-bond donors (Lipinski definition) is 0. The van der Waals surface area contributed by atoms with E-state index in [1.165, 1.54) is 55.6 Å². The van der Waals surface area contributed by atoms with Crippen LogP contribution < -0.4 is 0 Å². The fourth-order valence-electron chi connectivity index (χ4n) is 5.62. The Kier molecular flexibility index (Phi) is 3.99. The molecule has 0 amide bonds. The van der Waals surface area contributed by atoms with Crippen molar-refractivity contribution < 1.29 is 0 Å². The summed E-state index contributed by atoms with van der Waals surface area (Å²) >= 11 is 0. The Morgan fingerprint density at radius 3 is 1.20 bits per heavy atom. The molecule has 0 heterocycles. The average Bonchev–Trinajstić information content (AvgIpc) is 2.73. The second-order valence-electron chi connectivity index (χ2n) is 10.1. The molecule has 0 nitrogen and oxygen atoms in total. The van der Waals surface area contributed by atoms with E-state index in [0.717, 1.165) is 6.42 Å². The van der Waals surface area contributed by atoms with Gasteiger partial charge in [-0.25, -0.2) is 0 Å². The van der Waals surface area contributed by atoms with Gasteiger partial charge in [-0.2, -0.15) is 0 Å². The Balaban J connectivity index is 2.39. The Hall–Kier alpha value is -1.56. The highest BCUT2D eigenvalue weighted by molar-refractivity contribution is 5.85. The predicted octanol–water partition coefficient (Wildman–Crippen LogP) is 7.09. The molecule has 2 aromatic carbocycles. The zero-order valence-electron chi connectivity index (χ0n) is 17.9. The maximum Gasteiger partial charge on any atom is -0.00130 e. The van der Waals surface area contributed by atoms with Crippen LogP contribution in [0.25, 0.3) is 11.1 Å². The Morgan fingerprint density at radius 2 is 0.920 bits per heavy atom. The summed E-state index contributed by atoms with van der Waals surface area (Å²) in [6.07, 6.45) is 1.09. The molecule has 1 aliphatic rings. The Morgan fingerprint density at radius 1 is 0.600 bits per heavy atom. The zero-order chi connectivity index (χ0) is 18.9. The van der Waals surface area contributed by atoms with Gasteiger partial charge < -0.3 is 0 Å². The van der Waals surface area contributed by atoms with Gasteiger partial charge in [-0.3, -0.25) is 0 Å². The molecular formula is C25H34. The van der Waals surface area contributed by atoms with Crippen molar-refractivity contribution in [1.82, 2.24) is 0 Å². The van der Waals surface area contributed by atoms with Crippen molar-refractivity contribution >= 4 is 0 Å². The van der Waals surface area contributed by atoms with Crippen molar-refractivity contribution in [2.45, 2.75) is 86.5 Å². The first kappa shape index (κ1) is 18.2. The average molecular weight is 335 g/mol. The molecule has 0 heteroatoms. The lowest BCUT2D eigenvalue weighted by atomic mass is 9.76. The van der Waals surface area contributed by atoms with Gasteiger partial charge >= 0.3 is 0 Å². The molecule has 0 atom stereocenters. The van der Waals surface area contributed by atoms with Crippen molar-refractivity contribution in [3.05, 3.63) is 56.6 Å². The number of rotatable bonds is 0. The van der Waals surface area contributed by atoms with Crippen LogP contribution in [-0.2, 0) is 17.3 Å². The van der Waals surface area contributed by atoms with E-state index in [1.54, 1.807) is 0 Å². The summed E-state index contributed by atoms with van der Waals surface area (Å²) in [5.74, 6) is 0. The molecule has 0 aromatic heterocycles. The van der Waals surface area contributed by atoms with Gasteiger partial charge in [0.2, 0.25) is 0 Å². The first-order valence-electron chi connectivity index (χ1n) is 9.61. The summed E-state index contributed by atoms with van der Waals surface area (Å²) in [4.78, 5) is 0. The van der Waals surface area contributed by atoms with Crippen molar-refractivity contribution in [2.75, 3.05) is 0 Å². The van der Waals surface area contributed by atoms with Gasteiger partial charge in [-0.05, 0) is 101 Å². The van der Waals surface area contributed by atoms with E-state index in [1.807, 2.05) is 0 Å². The minimum atomic E-state index is 0.178. The van der Waals surface area contributed by atoms with Crippen molar-refractivity contribution in [1.29, 1.82) is 0 Å². The second kappa shape index (κ2) is 5.47. The molecule has 0 aliphatic heterocycles. The second-order valence-corrected chi connectivity index (χ2v) is 10.1. The van der Waals surface area contributed by atoms with Crippen molar-refractivity contribution in [2.24, 2.45) is 0 Å². The van der Waals surface area contributed by atoms with E-state index < -0.39 is 0 Å². The molecule has 0 fully saturated rings. The monoisotopic (exact) mass is 334 g/mol.